The zero-order valence-corrected chi connectivity index (χ0v) is 18.1. The molecular formula is C26H37F3O. The summed E-state index contributed by atoms with van der Waals surface area (Å²) in [4.78, 5) is 0. The van der Waals surface area contributed by atoms with Crippen molar-refractivity contribution in [2.45, 2.75) is 96.5 Å². The Balaban J connectivity index is 1.17. The van der Waals surface area contributed by atoms with Crippen LogP contribution in [0.4, 0.5) is 13.2 Å². The monoisotopic (exact) mass is 422 g/mol. The van der Waals surface area contributed by atoms with E-state index in [1.165, 1.54) is 89.2 Å². The van der Waals surface area contributed by atoms with Crippen molar-refractivity contribution in [3.8, 4) is 5.75 Å². The van der Waals surface area contributed by atoms with E-state index in [-0.39, 0.29) is 5.75 Å². The number of rotatable bonds is 7. The molecule has 0 N–H and O–H groups in total. The van der Waals surface area contributed by atoms with Gasteiger partial charge in [-0.05, 0) is 98.7 Å². The normalized spacial score (nSPS) is 30.7. The molecule has 1 nitrogen and oxygen atoms in total. The van der Waals surface area contributed by atoms with Gasteiger partial charge >= 0.3 is 6.61 Å². The molecule has 1 aromatic rings. The first-order valence-corrected chi connectivity index (χ1v) is 12.3. The molecular weight excluding hydrogens is 385 g/mol. The van der Waals surface area contributed by atoms with Gasteiger partial charge in [0.05, 0.1) is 0 Å². The fraction of sp³-hybridized carbons (Fsp3) is 0.769. The number of aryl methyl sites for hydroxylation is 1. The van der Waals surface area contributed by atoms with Crippen LogP contribution < -0.4 is 4.74 Å². The van der Waals surface area contributed by atoms with Gasteiger partial charge in [-0.1, -0.05) is 44.6 Å². The second-order valence-electron chi connectivity index (χ2n) is 10.2. The van der Waals surface area contributed by atoms with Gasteiger partial charge in [-0.25, -0.2) is 4.39 Å². The summed E-state index contributed by atoms with van der Waals surface area (Å²) in [7, 11) is 0. The van der Waals surface area contributed by atoms with Crippen molar-refractivity contribution in [3.05, 3.63) is 29.6 Å². The predicted molar refractivity (Wildman–Crippen MR) is 114 cm³/mol. The molecule has 0 amide bonds. The summed E-state index contributed by atoms with van der Waals surface area (Å²) in [5.41, 5.74) is 0.876. The Morgan fingerprint density at radius 1 is 0.767 bits per heavy atom. The summed E-state index contributed by atoms with van der Waals surface area (Å²) in [6.07, 6.45) is 19.0. The van der Waals surface area contributed by atoms with Gasteiger partial charge in [0.25, 0.3) is 0 Å². The maximum atomic E-state index is 13.9. The summed E-state index contributed by atoms with van der Waals surface area (Å²) in [6.45, 7) is -2.99. The van der Waals surface area contributed by atoms with E-state index in [0.717, 1.165) is 48.0 Å². The molecule has 3 aliphatic rings. The van der Waals surface area contributed by atoms with Crippen molar-refractivity contribution < 1.29 is 17.9 Å². The third-order valence-electron chi connectivity index (χ3n) is 8.49. The Bertz CT molecular complexity index is 654. The Morgan fingerprint density at radius 2 is 1.30 bits per heavy atom. The third-order valence-corrected chi connectivity index (χ3v) is 8.49. The molecule has 4 rings (SSSR count). The minimum Gasteiger partial charge on any atom is -0.432 e. The van der Waals surface area contributed by atoms with Gasteiger partial charge in [0.15, 0.2) is 11.6 Å². The molecule has 3 fully saturated rings. The van der Waals surface area contributed by atoms with Crippen LogP contribution in [-0.2, 0) is 6.42 Å². The van der Waals surface area contributed by atoms with Crippen molar-refractivity contribution >= 4 is 0 Å². The topological polar surface area (TPSA) is 9.23 Å². The van der Waals surface area contributed by atoms with Crippen LogP contribution in [0.15, 0.2) is 18.2 Å². The molecule has 3 aliphatic carbocycles. The molecule has 3 saturated carbocycles. The Hall–Kier alpha value is -1.19. The smallest absolute Gasteiger partial charge is 0.387 e. The van der Waals surface area contributed by atoms with Crippen LogP contribution in [0.3, 0.4) is 0 Å². The number of halogens is 3. The van der Waals surface area contributed by atoms with Crippen LogP contribution in [0.1, 0.15) is 89.0 Å². The van der Waals surface area contributed by atoms with Crippen molar-refractivity contribution in [1.29, 1.82) is 0 Å². The summed E-state index contributed by atoms with van der Waals surface area (Å²) < 4.78 is 42.6. The standard InChI is InChI=1S/C26H37F3O/c27-24-17-19(9-16-25(24)30-26(28)29)6-5-18-7-10-21(11-8-18)23-14-12-22(13-15-23)20-3-1-2-4-20/h9,16-18,20-23,26H,1-8,10-15H2/t18-,21-,22-,23-. The third kappa shape index (κ3) is 5.73. The van der Waals surface area contributed by atoms with Crippen molar-refractivity contribution in [3.63, 3.8) is 0 Å². The van der Waals surface area contributed by atoms with Gasteiger partial charge in [-0.2, -0.15) is 8.78 Å². The minimum atomic E-state index is -2.99. The number of hydrogen-bond acceptors (Lipinski definition) is 1. The van der Waals surface area contributed by atoms with E-state index in [2.05, 4.69) is 4.74 Å². The largest absolute Gasteiger partial charge is 0.432 e. The van der Waals surface area contributed by atoms with E-state index in [1.807, 2.05) is 0 Å². The number of alkyl halides is 2. The first kappa shape index (κ1) is 22.0. The van der Waals surface area contributed by atoms with Crippen LogP contribution >= 0.6 is 0 Å². The van der Waals surface area contributed by atoms with E-state index in [4.69, 9.17) is 0 Å². The zero-order valence-electron chi connectivity index (χ0n) is 18.1. The highest BCUT2D eigenvalue weighted by Gasteiger charge is 2.33. The van der Waals surface area contributed by atoms with Crippen molar-refractivity contribution in [2.24, 2.45) is 29.6 Å². The van der Waals surface area contributed by atoms with Crippen LogP contribution in [0.2, 0.25) is 0 Å². The summed E-state index contributed by atoms with van der Waals surface area (Å²) in [5, 5.41) is 0. The lowest BCUT2D eigenvalue weighted by molar-refractivity contribution is -0.0522. The molecule has 30 heavy (non-hydrogen) atoms. The lowest BCUT2D eigenvalue weighted by Gasteiger charge is -2.39. The predicted octanol–water partition coefficient (Wildman–Crippen LogP) is 8.16. The lowest BCUT2D eigenvalue weighted by atomic mass is 9.67. The maximum absolute atomic E-state index is 13.9. The summed E-state index contributed by atoms with van der Waals surface area (Å²) in [5.74, 6) is 3.62. The highest BCUT2D eigenvalue weighted by atomic mass is 19.3. The van der Waals surface area contributed by atoms with E-state index in [1.54, 1.807) is 6.07 Å². The molecule has 0 spiro atoms. The van der Waals surface area contributed by atoms with Crippen LogP contribution in [0.5, 0.6) is 5.75 Å². The number of hydrogen-bond donors (Lipinski definition) is 0. The molecule has 0 aliphatic heterocycles. The van der Waals surface area contributed by atoms with Gasteiger partial charge in [0.2, 0.25) is 0 Å². The quantitative estimate of drug-likeness (QED) is 0.431. The average molecular weight is 423 g/mol. The highest BCUT2D eigenvalue weighted by molar-refractivity contribution is 5.29. The van der Waals surface area contributed by atoms with Gasteiger partial charge in [-0.3, -0.25) is 0 Å². The first-order valence-electron chi connectivity index (χ1n) is 12.3. The SMILES string of the molecule is Fc1cc(CC[C@H]2CC[C@H]([C@H]3CC[C@H](C4CCCC4)CC3)CC2)ccc1OC(F)F. The van der Waals surface area contributed by atoms with Crippen LogP contribution in [-0.4, -0.2) is 6.61 Å². The maximum Gasteiger partial charge on any atom is 0.387 e. The first-order chi connectivity index (χ1) is 14.6. The molecule has 0 saturated heterocycles. The molecule has 4 heteroatoms. The van der Waals surface area contributed by atoms with Gasteiger partial charge < -0.3 is 4.74 Å². The number of ether oxygens (including phenoxy) is 1. The molecule has 0 atom stereocenters. The molecule has 0 bridgehead atoms. The lowest BCUT2D eigenvalue weighted by Crippen LogP contribution is -2.27. The molecule has 1 aromatic carbocycles. The van der Waals surface area contributed by atoms with Crippen molar-refractivity contribution in [2.75, 3.05) is 0 Å². The molecule has 0 radical (unpaired) electrons. The number of benzene rings is 1. The van der Waals surface area contributed by atoms with Crippen molar-refractivity contribution in [1.82, 2.24) is 0 Å². The zero-order chi connectivity index (χ0) is 20.9. The van der Waals surface area contributed by atoms with E-state index >= 15 is 0 Å². The summed E-state index contributed by atoms with van der Waals surface area (Å²) >= 11 is 0. The molecule has 168 valence electrons. The fourth-order valence-corrected chi connectivity index (χ4v) is 6.73. The van der Waals surface area contributed by atoms with Crippen LogP contribution in [0, 0.1) is 35.4 Å². The molecule has 0 aromatic heterocycles. The highest BCUT2D eigenvalue weighted by Crippen LogP contribution is 2.46. The van der Waals surface area contributed by atoms with E-state index in [9.17, 15) is 13.2 Å². The second kappa shape index (κ2) is 10.4. The Labute approximate surface area is 179 Å². The fourth-order valence-electron chi connectivity index (χ4n) is 6.73. The molecule has 0 heterocycles. The Kier molecular flexibility index (Phi) is 7.64. The van der Waals surface area contributed by atoms with Gasteiger partial charge in [0, 0.05) is 0 Å². The van der Waals surface area contributed by atoms with E-state index in [0.29, 0.717) is 0 Å². The Morgan fingerprint density at radius 3 is 1.83 bits per heavy atom. The minimum absolute atomic E-state index is 0.364. The summed E-state index contributed by atoms with van der Waals surface area (Å²) in [6, 6.07) is 4.40. The van der Waals surface area contributed by atoms with Gasteiger partial charge in [-0.15, -0.1) is 0 Å². The molecule has 0 unspecified atom stereocenters. The second-order valence-corrected chi connectivity index (χ2v) is 10.2. The van der Waals surface area contributed by atoms with Gasteiger partial charge in [0.1, 0.15) is 0 Å². The van der Waals surface area contributed by atoms with E-state index < -0.39 is 12.4 Å². The average Bonchev–Trinajstić information content (AvgIpc) is 3.29. The van der Waals surface area contributed by atoms with Crippen LogP contribution in [0.25, 0.3) is 0 Å².